The predicted molar refractivity (Wildman–Crippen MR) is 61.6 cm³/mol. The summed E-state index contributed by atoms with van der Waals surface area (Å²) in [6.45, 7) is 3.67. The summed E-state index contributed by atoms with van der Waals surface area (Å²) in [4.78, 5) is 0. The van der Waals surface area contributed by atoms with Crippen LogP contribution < -0.4 is 5.73 Å². The maximum atomic E-state index is 5.93. The van der Waals surface area contributed by atoms with Gasteiger partial charge in [-0.2, -0.15) is 0 Å². The van der Waals surface area contributed by atoms with Gasteiger partial charge in [0.15, 0.2) is 0 Å². The summed E-state index contributed by atoms with van der Waals surface area (Å²) < 4.78 is 0. The molecule has 74 valence electrons. The lowest BCUT2D eigenvalue weighted by atomic mass is 10.1. The first-order valence-corrected chi connectivity index (χ1v) is 4.91. The van der Waals surface area contributed by atoms with Gasteiger partial charge in [0.1, 0.15) is 0 Å². The van der Waals surface area contributed by atoms with Crippen LogP contribution in [0.5, 0.6) is 0 Å². The molecule has 0 atom stereocenters. The zero-order chi connectivity index (χ0) is 10.8. The van der Waals surface area contributed by atoms with Crippen molar-refractivity contribution < 1.29 is 0 Å². The van der Waals surface area contributed by atoms with Crippen LogP contribution in [0, 0.1) is 11.8 Å². The van der Waals surface area contributed by atoms with Crippen molar-refractivity contribution in [3.63, 3.8) is 0 Å². The number of hydrogen-bond acceptors (Lipinski definition) is 1. The second-order valence-electron chi connectivity index (χ2n) is 3.60. The lowest BCUT2D eigenvalue weighted by molar-refractivity contribution is 0.680. The Bertz CT molecular complexity index is 394. The van der Waals surface area contributed by atoms with Crippen molar-refractivity contribution >= 4 is 23.2 Å². The van der Waals surface area contributed by atoms with E-state index in [0.29, 0.717) is 10.0 Å². The van der Waals surface area contributed by atoms with Gasteiger partial charge in [-0.3, -0.25) is 0 Å². The number of benzene rings is 1. The van der Waals surface area contributed by atoms with Gasteiger partial charge in [0.05, 0.1) is 10.6 Å². The van der Waals surface area contributed by atoms with E-state index in [-0.39, 0.29) is 0 Å². The van der Waals surface area contributed by atoms with Crippen molar-refractivity contribution in [2.45, 2.75) is 19.4 Å². The van der Waals surface area contributed by atoms with E-state index >= 15 is 0 Å². The molecule has 0 aliphatic carbocycles. The number of halogens is 2. The first-order chi connectivity index (χ1) is 6.38. The van der Waals surface area contributed by atoms with Crippen LogP contribution >= 0.6 is 23.2 Å². The molecule has 0 unspecified atom stereocenters. The van der Waals surface area contributed by atoms with Gasteiger partial charge in [0.25, 0.3) is 0 Å². The molecule has 0 aliphatic rings. The Morgan fingerprint density at radius 3 is 2.43 bits per heavy atom. The quantitative estimate of drug-likeness (QED) is 0.678. The molecule has 1 aromatic rings. The molecule has 1 rings (SSSR count). The Labute approximate surface area is 94.2 Å². The molecule has 0 saturated carbocycles. The maximum absolute atomic E-state index is 5.93. The Morgan fingerprint density at radius 1 is 1.29 bits per heavy atom. The summed E-state index contributed by atoms with van der Waals surface area (Å²) in [6, 6.07) is 5.20. The van der Waals surface area contributed by atoms with Gasteiger partial charge in [-0.15, -0.1) is 0 Å². The van der Waals surface area contributed by atoms with E-state index in [1.165, 1.54) is 0 Å². The second-order valence-corrected chi connectivity index (χ2v) is 4.44. The lowest BCUT2D eigenvalue weighted by Crippen LogP contribution is -2.29. The smallest absolute Gasteiger partial charge is 0.0722 e. The average molecular weight is 228 g/mol. The summed E-state index contributed by atoms with van der Waals surface area (Å²) in [5, 5.41) is 1.15. The third kappa shape index (κ3) is 3.59. The highest BCUT2D eigenvalue weighted by Crippen LogP contribution is 2.20. The van der Waals surface area contributed by atoms with Crippen molar-refractivity contribution in [2.75, 3.05) is 0 Å². The van der Waals surface area contributed by atoms with Crippen LogP contribution in [0.3, 0.4) is 0 Å². The Hall–Kier alpha value is -0.680. The van der Waals surface area contributed by atoms with Crippen LogP contribution in [0.1, 0.15) is 19.4 Å². The molecule has 0 radical (unpaired) electrons. The largest absolute Gasteiger partial charge is 0.316 e. The molecular formula is C11H11Cl2N. The lowest BCUT2D eigenvalue weighted by Gasteiger charge is -2.07. The fourth-order valence-corrected chi connectivity index (χ4v) is 1.28. The summed E-state index contributed by atoms with van der Waals surface area (Å²) in [7, 11) is 0. The van der Waals surface area contributed by atoms with Gasteiger partial charge in [0.2, 0.25) is 0 Å². The van der Waals surface area contributed by atoms with E-state index in [1.54, 1.807) is 18.2 Å². The van der Waals surface area contributed by atoms with E-state index < -0.39 is 5.54 Å². The minimum Gasteiger partial charge on any atom is -0.316 e. The highest BCUT2D eigenvalue weighted by Gasteiger charge is 2.04. The fraction of sp³-hybridized carbons (Fsp3) is 0.273. The molecular weight excluding hydrogens is 217 g/mol. The van der Waals surface area contributed by atoms with Crippen LogP contribution in [-0.2, 0) is 0 Å². The van der Waals surface area contributed by atoms with Crippen LogP contribution in [0.4, 0.5) is 0 Å². The van der Waals surface area contributed by atoms with Gasteiger partial charge in [-0.25, -0.2) is 0 Å². The van der Waals surface area contributed by atoms with E-state index in [0.717, 1.165) is 5.56 Å². The van der Waals surface area contributed by atoms with Crippen LogP contribution in [-0.4, -0.2) is 5.54 Å². The third-order valence-electron chi connectivity index (χ3n) is 1.45. The van der Waals surface area contributed by atoms with Crippen LogP contribution in [0.15, 0.2) is 18.2 Å². The second kappa shape index (κ2) is 4.23. The highest BCUT2D eigenvalue weighted by molar-refractivity contribution is 6.35. The van der Waals surface area contributed by atoms with Gasteiger partial charge >= 0.3 is 0 Å². The molecule has 3 heteroatoms. The number of hydrogen-bond donors (Lipinski definition) is 1. The SMILES string of the molecule is CC(C)(N)C#Cc1ccc(Cl)cc1Cl. The molecule has 1 aromatic carbocycles. The molecule has 2 N–H and O–H groups in total. The van der Waals surface area contributed by atoms with E-state index in [1.807, 2.05) is 13.8 Å². The summed E-state index contributed by atoms with van der Waals surface area (Å²) >= 11 is 11.7. The van der Waals surface area contributed by atoms with Crippen molar-refractivity contribution in [2.24, 2.45) is 5.73 Å². The normalized spacial score (nSPS) is 10.6. The minimum absolute atomic E-state index is 0.511. The molecule has 0 spiro atoms. The van der Waals surface area contributed by atoms with Crippen LogP contribution in [0.2, 0.25) is 10.0 Å². The van der Waals surface area contributed by atoms with Gasteiger partial charge < -0.3 is 5.73 Å². The molecule has 0 aromatic heterocycles. The maximum Gasteiger partial charge on any atom is 0.0722 e. The van der Waals surface area contributed by atoms with E-state index in [2.05, 4.69) is 11.8 Å². The summed E-state index contributed by atoms with van der Waals surface area (Å²) in [5.41, 5.74) is 5.95. The zero-order valence-electron chi connectivity index (χ0n) is 8.07. The van der Waals surface area contributed by atoms with Crippen molar-refractivity contribution in [3.05, 3.63) is 33.8 Å². The van der Waals surface area contributed by atoms with E-state index in [4.69, 9.17) is 28.9 Å². The molecule has 0 heterocycles. The summed E-state index contributed by atoms with van der Waals surface area (Å²) in [5.74, 6) is 5.81. The van der Waals surface area contributed by atoms with Crippen molar-refractivity contribution in [3.8, 4) is 11.8 Å². The Morgan fingerprint density at radius 2 is 1.93 bits per heavy atom. The number of rotatable bonds is 0. The Kier molecular flexibility index (Phi) is 3.44. The monoisotopic (exact) mass is 227 g/mol. The predicted octanol–water partition coefficient (Wildman–Crippen LogP) is 3.08. The fourth-order valence-electron chi connectivity index (χ4n) is 0.819. The summed E-state index contributed by atoms with van der Waals surface area (Å²) in [6.07, 6.45) is 0. The Balaban J connectivity index is 3.02. The van der Waals surface area contributed by atoms with Crippen molar-refractivity contribution in [1.82, 2.24) is 0 Å². The van der Waals surface area contributed by atoms with E-state index in [9.17, 15) is 0 Å². The minimum atomic E-state index is -0.511. The zero-order valence-corrected chi connectivity index (χ0v) is 9.58. The van der Waals surface area contributed by atoms with Crippen LogP contribution in [0.25, 0.3) is 0 Å². The molecule has 1 nitrogen and oxygen atoms in total. The molecule has 0 amide bonds. The number of nitrogens with two attached hydrogens (primary N) is 1. The topological polar surface area (TPSA) is 26.0 Å². The average Bonchev–Trinajstić information content (AvgIpc) is 2.00. The highest BCUT2D eigenvalue weighted by atomic mass is 35.5. The molecule has 0 aliphatic heterocycles. The van der Waals surface area contributed by atoms with Gasteiger partial charge in [-0.05, 0) is 32.0 Å². The van der Waals surface area contributed by atoms with Gasteiger partial charge in [-0.1, -0.05) is 35.0 Å². The molecule has 0 saturated heterocycles. The molecule has 0 fully saturated rings. The van der Waals surface area contributed by atoms with Gasteiger partial charge in [0, 0.05) is 10.6 Å². The standard InChI is InChI=1S/C11H11Cl2N/c1-11(2,14)6-5-8-3-4-9(12)7-10(8)13/h3-4,7H,14H2,1-2H3. The third-order valence-corrected chi connectivity index (χ3v) is 2.00. The first kappa shape index (κ1) is 11.4. The molecule has 14 heavy (non-hydrogen) atoms. The van der Waals surface area contributed by atoms with Crippen molar-refractivity contribution in [1.29, 1.82) is 0 Å². The molecule has 0 bridgehead atoms. The first-order valence-electron chi connectivity index (χ1n) is 4.15.